The molecule has 0 unspecified atom stereocenters. The molecular formula is C32H35FN8O3. The maximum atomic E-state index is 15.2. The summed E-state index contributed by atoms with van der Waals surface area (Å²) in [6, 6.07) is 10.3. The second-order valence-electron chi connectivity index (χ2n) is 12.1. The van der Waals surface area contributed by atoms with Crippen LogP contribution in [-0.2, 0) is 9.59 Å². The fourth-order valence-corrected chi connectivity index (χ4v) is 6.39. The predicted molar refractivity (Wildman–Crippen MR) is 161 cm³/mol. The number of imidazole rings is 1. The minimum absolute atomic E-state index is 0.0220. The highest BCUT2D eigenvalue weighted by atomic mass is 19.1. The second-order valence-corrected chi connectivity index (χ2v) is 12.1. The minimum Gasteiger partial charge on any atom is -0.482 e. The Morgan fingerprint density at radius 2 is 1.86 bits per heavy atom. The molecule has 7 rings (SSSR count). The molecule has 0 radical (unpaired) electrons. The zero-order valence-corrected chi connectivity index (χ0v) is 24.9. The molecule has 0 bridgehead atoms. The number of benzene rings is 1. The molecule has 1 saturated carbocycles. The molecule has 44 heavy (non-hydrogen) atoms. The highest BCUT2D eigenvalue weighted by molar-refractivity contribution is 5.93. The van der Waals surface area contributed by atoms with Gasteiger partial charge in [0.25, 0.3) is 5.91 Å². The van der Waals surface area contributed by atoms with E-state index in [4.69, 9.17) is 9.72 Å². The number of carbonyl (C=O) groups is 2. The van der Waals surface area contributed by atoms with Crippen molar-refractivity contribution >= 4 is 22.8 Å². The van der Waals surface area contributed by atoms with Crippen molar-refractivity contribution in [3.63, 3.8) is 0 Å². The zero-order chi connectivity index (χ0) is 30.6. The predicted octanol–water partition coefficient (Wildman–Crippen LogP) is 4.37. The summed E-state index contributed by atoms with van der Waals surface area (Å²) in [6.45, 7) is 7.78. The van der Waals surface area contributed by atoms with Gasteiger partial charge in [0.05, 0.1) is 42.4 Å². The number of amides is 2. The largest absolute Gasteiger partial charge is 0.482 e. The van der Waals surface area contributed by atoms with E-state index in [1.54, 1.807) is 11.1 Å². The molecule has 11 nitrogen and oxygen atoms in total. The Balaban J connectivity index is 1.10. The van der Waals surface area contributed by atoms with Crippen LogP contribution >= 0.6 is 0 Å². The van der Waals surface area contributed by atoms with Gasteiger partial charge >= 0.3 is 0 Å². The number of hydrogen-bond acceptors (Lipinski definition) is 7. The molecule has 1 aromatic carbocycles. The summed E-state index contributed by atoms with van der Waals surface area (Å²) in [7, 11) is 0. The number of likely N-dealkylation sites (tertiary alicyclic amines) is 2. The third kappa shape index (κ3) is 4.91. The molecule has 3 aromatic heterocycles. The van der Waals surface area contributed by atoms with Gasteiger partial charge in [-0.1, -0.05) is 17.9 Å². The lowest BCUT2D eigenvalue weighted by atomic mass is 9.92. The number of nitrogens with zero attached hydrogens (tertiary/aromatic N) is 8. The number of aromatic nitrogens is 6. The highest BCUT2D eigenvalue weighted by Gasteiger charge is 2.53. The summed E-state index contributed by atoms with van der Waals surface area (Å²) in [5.41, 5.74) is 3.12. The average molecular weight is 599 g/mol. The molecule has 0 N–H and O–H groups in total. The molecule has 3 aliphatic rings. The fraction of sp³-hybridized carbons (Fsp3) is 0.438. The van der Waals surface area contributed by atoms with Gasteiger partial charge in [-0.25, -0.2) is 14.1 Å². The topological polar surface area (TPSA) is 111 Å². The van der Waals surface area contributed by atoms with Gasteiger partial charge < -0.3 is 19.1 Å². The summed E-state index contributed by atoms with van der Waals surface area (Å²) in [5, 5.41) is 9.10. The van der Waals surface area contributed by atoms with Gasteiger partial charge in [0, 0.05) is 30.9 Å². The van der Waals surface area contributed by atoms with Crippen molar-refractivity contribution in [1.29, 1.82) is 0 Å². The normalized spacial score (nSPS) is 19.1. The zero-order valence-electron chi connectivity index (χ0n) is 24.9. The number of ether oxygens (including phenoxy) is 1. The number of rotatable bonds is 8. The van der Waals surface area contributed by atoms with Crippen LogP contribution in [-0.4, -0.2) is 83.0 Å². The van der Waals surface area contributed by atoms with Gasteiger partial charge in [-0.2, -0.15) is 0 Å². The van der Waals surface area contributed by atoms with Gasteiger partial charge in [0.1, 0.15) is 23.1 Å². The maximum absolute atomic E-state index is 15.2. The standard InChI is InChI=1S/C32H35FN8O3/c1-4-28(42)39-17-32(33,18-39)31(43)38-13-10-24(11-14-38)41-20(2)29(36-37-41)22-15-26-30(40(19-35-26)23-8-9-23)27(16-22)44-21(3)25-7-5-6-12-34-25/h4-7,12,15-16,19,21,23-24H,1,8-11,13-14,17-18H2,2-3H3/t21-/m1/s1. The number of fused-ring (bicyclic) bond motifs is 1. The first-order valence-corrected chi connectivity index (χ1v) is 15.2. The van der Waals surface area contributed by atoms with Crippen molar-refractivity contribution in [2.75, 3.05) is 26.2 Å². The average Bonchev–Trinajstić information content (AvgIpc) is 3.67. The van der Waals surface area contributed by atoms with Gasteiger partial charge in [0.2, 0.25) is 11.6 Å². The molecule has 2 saturated heterocycles. The van der Waals surface area contributed by atoms with Crippen LogP contribution < -0.4 is 4.74 Å². The Morgan fingerprint density at radius 3 is 2.55 bits per heavy atom. The minimum atomic E-state index is -2.03. The van der Waals surface area contributed by atoms with Crippen LogP contribution in [0.25, 0.3) is 22.3 Å². The molecule has 0 spiro atoms. The van der Waals surface area contributed by atoms with E-state index in [1.807, 2.05) is 55.2 Å². The lowest BCUT2D eigenvalue weighted by molar-refractivity contribution is -0.162. The van der Waals surface area contributed by atoms with Crippen LogP contribution in [0.15, 0.2) is 55.5 Å². The molecule has 1 atom stereocenters. The van der Waals surface area contributed by atoms with E-state index in [1.165, 1.54) is 4.90 Å². The lowest BCUT2D eigenvalue weighted by Gasteiger charge is -2.45. The van der Waals surface area contributed by atoms with E-state index in [-0.39, 0.29) is 31.1 Å². The summed E-state index contributed by atoms with van der Waals surface area (Å²) in [4.78, 5) is 36.7. The maximum Gasteiger partial charge on any atom is 0.264 e. The van der Waals surface area contributed by atoms with Crippen molar-refractivity contribution in [2.45, 2.75) is 63.4 Å². The van der Waals surface area contributed by atoms with E-state index < -0.39 is 11.6 Å². The smallest absolute Gasteiger partial charge is 0.264 e. The molecule has 2 amide bonds. The Bertz CT molecular complexity index is 1730. The Morgan fingerprint density at radius 1 is 1.09 bits per heavy atom. The van der Waals surface area contributed by atoms with Crippen LogP contribution in [0.1, 0.15) is 62.2 Å². The third-order valence-electron chi connectivity index (χ3n) is 9.03. The van der Waals surface area contributed by atoms with Crippen LogP contribution in [0, 0.1) is 6.92 Å². The summed E-state index contributed by atoms with van der Waals surface area (Å²) in [5.74, 6) is -0.184. The SMILES string of the molecule is C=CC(=O)N1CC(F)(C(=O)N2CCC(n3nnc(-c4cc(O[C@H](C)c5ccccn5)c5c(c4)ncn5C4CC4)c3C)CC2)C1. The summed E-state index contributed by atoms with van der Waals surface area (Å²) >= 11 is 0. The molecule has 4 aromatic rings. The quantitative estimate of drug-likeness (QED) is 0.277. The van der Waals surface area contributed by atoms with Crippen molar-refractivity contribution in [3.05, 3.63) is 66.9 Å². The van der Waals surface area contributed by atoms with Crippen LogP contribution in [0.4, 0.5) is 4.39 Å². The van der Waals surface area contributed by atoms with Crippen molar-refractivity contribution < 1.29 is 18.7 Å². The second kappa shape index (κ2) is 10.8. The van der Waals surface area contributed by atoms with Crippen molar-refractivity contribution in [1.82, 2.24) is 39.3 Å². The van der Waals surface area contributed by atoms with E-state index >= 15 is 4.39 Å². The molecule has 12 heteroatoms. The van der Waals surface area contributed by atoms with Gasteiger partial charge in [-0.15, -0.1) is 5.10 Å². The van der Waals surface area contributed by atoms with Crippen LogP contribution in [0.5, 0.6) is 5.75 Å². The Hall–Kier alpha value is -4.61. The summed E-state index contributed by atoms with van der Waals surface area (Å²) in [6.07, 6.45) is 8.03. The third-order valence-corrected chi connectivity index (χ3v) is 9.03. The lowest BCUT2D eigenvalue weighted by Crippen LogP contribution is -2.68. The number of carbonyl (C=O) groups excluding carboxylic acids is 2. The fourth-order valence-electron chi connectivity index (χ4n) is 6.39. The summed E-state index contributed by atoms with van der Waals surface area (Å²) < 4.78 is 25.9. The molecular weight excluding hydrogens is 563 g/mol. The molecule has 2 aliphatic heterocycles. The first-order chi connectivity index (χ1) is 21.3. The molecule has 5 heterocycles. The van der Waals surface area contributed by atoms with Crippen molar-refractivity contribution in [3.8, 4) is 17.0 Å². The number of piperidine rings is 1. The van der Waals surface area contributed by atoms with Crippen molar-refractivity contribution in [2.24, 2.45) is 0 Å². The van der Waals surface area contributed by atoms with Gasteiger partial charge in [0.15, 0.2) is 0 Å². The van der Waals surface area contributed by atoms with E-state index in [2.05, 4.69) is 26.4 Å². The number of pyridine rings is 1. The molecule has 228 valence electrons. The molecule has 1 aliphatic carbocycles. The van der Waals surface area contributed by atoms with Gasteiger partial charge in [-0.3, -0.25) is 14.6 Å². The number of hydrogen-bond donors (Lipinski definition) is 0. The van der Waals surface area contributed by atoms with E-state index in [0.29, 0.717) is 32.0 Å². The Labute approximate surface area is 254 Å². The number of alkyl halides is 1. The van der Waals surface area contributed by atoms with Crippen LogP contribution in [0.3, 0.4) is 0 Å². The van der Waals surface area contributed by atoms with Crippen LogP contribution in [0.2, 0.25) is 0 Å². The van der Waals surface area contributed by atoms with E-state index in [9.17, 15) is 9.59 Å². The first-order valence-electron chi connectivity index (χ1n) is 15.2. The first kappa shape index (κ1) is 28.2. The highest BCUT2D eigenvalue weighted by Crippen LogP contribution is 2.42. The number of halogens is 1. The Kier molecular flexibility index (Phi) is 6.94. The monoisotopic (exact) mass is 598 g/mol. The van der Waals surface area contributed by atoms with Gasteiger partial charge in [-0.05, 0) is 69.9 Å². The van der Waals surface area contributed by atoms with E-state index in [0.717, 1.165) is 58.3 Å². The molecule has 3 fully saturated rings.